The van der Waals surface area contributed by atoms with Gasteiger partial charge in [-0.2, -0.15) is 0 Å². The van der Waals surface area contributed by atoms with Gasteiger partial charge in [-0.15, -0.1) is 22.7 Å². The van der Waals surface area contributed by atoms with Gasteiger partial charge in [0.05, 0.1) is 17.7 Å². The molecule has 0 unspecified atom stereocenters. The van der Waals surface area contributed by atoms with E-state index in [1.54, 1.807) is 11.4 Å². The first-order valence-corrected chi connectivity index (χ1v) is 7.47. The quantitative estimate of drug-likeness (QED) is 0.854. The Kier molecular flexibility index (Phi) is 4.10. The Labute approximate surface area is 124 Å². The Hall–Kier alpha value is -1.86. The van der Waals surface area contributed by atoms with Gasteiger partial charge in [-0.25, -0.2) is 4.79 Å². The minimum absolute atomic E-state index is 0.276. The van der Waals surface area contributed by atoms with Crippen molar-refractivity contribution >= 4 is 45.9 Å². The topological polar surface area (TPSA) is 81.4 Å². The van der Waals surface area contributed by atoms with Gasteiger partial charge in [0.25, 0.3) is 5.91 Å². The maximum Gasteiger partial charge on any atom is 0.350 e. The monoisotopic (exact) mass is 310 g/mol. The van der Waals surface area contributed by atoms with Crippen LogP contribution >= 0.6 is 22.7 Å². The Morgan fingerprint density at radius 1 is 1.35 bits per heavy atom. The van der Waals surface area contributed by atoms with E-state index in [0.717, 1.165) is 10.4 Å². The molecule has 2 aromatic heterocycles. The number of hydrogen-bond acceptors (Lipinski definition) is 6. The lowest BCUT2D eigenvalue weighted by molar-refractivity contribution is 0.0607. The molecule has 0 aromatic carbocycles. The summed E-state index contributed by atoms with van der Waals surface area (Å²) in [5.41, 5.74) is 7.65. The smallest absolute Gasteiger partial charge is 0.350 e. The van der Waals surface area contributed by atoms with E-state index in [1.807, 2.05) is 13.8 Å². The van der Waals surface area contributed by atoms with Crippen LogP contribution < -0.4 is 11.1 Å². The summed E-state index contributed by atoms with van der Waals surface area (Å²) in [6, 6.07) is 1.63. The number of nitrogens with two attached hydrogens (primary N) is 1. The van der Waals surface area contributed by atoms with E-state index in [9.17, 15) is 9.59 Å². The summed E-state index contributed by atoms with van der Waals surface area (Å²) in [7, 11) is 1.31. The zero-order chi connectivity index (χ0) is 14.9. The lowest BCUT2D eigenvalue weighted by Gasteiger charge is -2.05. The van der Waals surface area contributed by atoms with Crippen molar-refractivity contribution in [3.05, 3.63) is 31.6 Å². The average molecular weight is 310 g/mol. The highest BCUT2D eigenvalue weighted by Crippen LogP contribution is 2.30. The average Bonchev–Trinajstić information content (AvgIpc) is 2.94. The molecule has 2 heterocycles. The molecule has 0 aliphatic carbocycles. The normalized spacial score (nSPS) is 10.3. The number of ether oxygens (including phenoxy) is 1. The molecule has 2 aromatic rings. The molecule has 0 atom stereocenters. The number of esters is 1. The van der Waals surface area contributed by atoms with Crippen LogP contribution in [0.2, 0.25) is 0 Å². The summed E-state index contributed by atoms with van der Waals surface area (Å²) in [6.45, 7) is 3.68. The number of nitrogen functional groups attached to an aromatic ring is 1. The molecule has 1 amide bonds. The van der Waals surface area contributed by atoms with Gasteiger partial charge in [0.2, 0.25) is 0 Å². The van der Waals surface area contributed by atoms with Crippen molar-refractivity contribution in [3.8, 4) is 0 Å². The number of thiophene rings is 2. The molecule has 0 fully saturated rings. The van der Waals surface area contributed by atoms with E-state index in [2.05, 4.69) is 5.32 Å². The third-order valence-corrected chi connectivity index (χ3v) is 4.91. The van der Waals surface area contributed by atoms with Crippen molar-refractivity contribution in [3.63, 3.8) is 0 Å². The fourth-order valence-corrected chi connectivity index (χ4v) is 3.38. The Morgan fingerprint density at radius 3 is 2.60 bits per heavy atom. The molecule has 0 saturated heterocycles. The van der Waals surface area contributed by atoms with Crippen molar-refractivity contribution in [2.24, 2.45) is 0 Å². The van der Waals surface area contributed by atoms with Crippen molar-refractivity contribution in [1.82, 2.24) is 0 Å². The molecule has 0 aliphatic rings. The molecule has 5 nitrogen and oxygen atoms in total. The molecule has 106 valence electrons. The lowest BCUT2D eigenvalue weighted by Crippen LogP contribution is -2.13. The van der Waals surface area contributed by atoms with Crippen LogP contribution in [-0.4, -0.2) is 19.0 Å². The highest BCUT2D eigenvalue weighted by atomic mass is 32.1. The van der Waals surface area contributed by atoms with Crippen molar-refractivity contribution in [2.45, 2.75) is 13.8 Å². The Morgan fingerprint density at radius 2 is 2.05 bits per heavy atom. The van der Waals surface area contributed by atoms with Gasteiger partial charge >= 0.3 is 5.97 Å². The van der Waals surface area contributed by atoms with E-state index in [1.165, 1.54) is 29.8 Å². The molecule has 0 aliphatic heterocycles. The number of anilines is 2. The standard InChI is InChI=1S/C13H14N2O3S2/c1-6-5-19-11(13(17)18-3)10(6)15-12(16)9-4-8(14)7(2)20-9/h4-5H,14H2,1-3H3,(H,15,16). The highest BCUT2D eigenvalue weighted by molar-refractivity contribution is 7.14. The van der Waals surface area contributed by atoms with Crippen LogP contribution in [0.4, 0.5) is 11.4 Å². The zero-order valence-corrected chi connectivity index (χ0v) is 12.9. The van der Waals surface area contributed by atoms with Crippen LogP contribution in [0, 0.1) is 13.8 Å². The predicted molar refractivity (Wildman–Crippen MR) is 81.8 cm³/mol. The second-order valence-electron chi connectivity index (χ2n) is 4.19. The molecule has 0 radical (unpaired) electrons. The third-order valence-electron chi connectivity index (χ3n) is 2.76. The highest BCUT2D eigenvalue weighted by Gasteiger charge is 2.20. The molecular weight excluding hydrogens is 296 g/mol. The molecule has 7 heteroatoms. The second kappa shape index (κ2) is 5.64. The number of carbonyl (C=O) groups excluding carboxylic acids is 2. The summed E-state index contributed by atoms with van der Waals surface area (Å²) < 4.78 is 4.70. The summed E-state index contributed by atoms with van der Waals surface area (Å²) in [6.07, 6.45) is 0. The molecule has 0 spiro atoms. The number of amides is 1. The van der Waals surface area contributed by atoms with Crippen LogP contribution in [0.5, 0.6) is 0 Å². The largest absolute Gasteiger partial charge is 0.465 e. The minimum Gasteiger partial charge on any atom is -0.465 e. The van der Waals surface area contributed by atoms with Crippen LogP contribution in [0.15, 0.2) is 11.4 Å². The Bertz CT molecular complexity index is 654. The molecule has 3 N–H and O–H groups in total. The zero-order valence-electron chi connectivity index (χ0n) is 11.3. The number of hydrogen-bond donors (Lipinski definition) is 2. The number of rotatable bonds is 3. The van der Waals surface area contributed by atoms with E-state index in [4.69, 9.17) is 10.5 Å². The van der Waals surface area contributed by atoms with Crippen LogP contribution in [0.3, 0.4) is 0 Å². The number of methoxy groups -OCH3 is 1. The molecule has 0 bridgehead atoms. The fraction of sp³-hybridized carbons (Fsp3) is 0.231. The Balaban J connectivity index is 2.28. The molecular formula is C13H14N2O3S2. The minimum atomic E-state index is -0.458. The predicted octanol–water partition coefficient (Wildman–Crippen LogP) is 3.05. The molecule has 0 saturated carbocycles. The maximum absolute atomic E-state index is 12.2. The molecule has 20 heavy (non-hydrogen) atoms. The SMILES string of the molecule is COC(=O)c1scc(C)c1NC(=O)c1cc(N)c(C)s1. The van der Waals surface area contributed by atoms with Gasteiger partial charge in [-0.3, -0.25) is 4.79 Å². The number of carbonyl (C=O) groups is 2. The van der Waals surface area contributed by atoms with Crippen molar-refractivity contribution < 1.29 is 14.3 Å². The summed E-state index contributed by atoms with van der Waals surface area (Å²) in [4.78, 5) is 25.6. The summed E-state index contributed by atoms with van der Waals surface area (Å²) >= 11 is 2.56. The van der Waals surface area contributed by atoms with Crippen molar-refractivity contribution in [1.29, 1.82) is 0 Å². The van der Waals surface area contributed by atoms with Gasteiger partial charge < -0.3 is 15.8 Å². The van der Waals surface area contributed by atoms with Crippen LogP contribution in [0.25, 0.3) is 0 Å². The first kappa shape index (κ1) is 14.5. The second-order valence-corrected chi connectivity index (χ2v) is 6.33. The van der Waals surface area contributed by atoms with Gasteiger partial charge in [0.1, 0.15) is 4.88 Å². The molecule has 2 rings (SSSR count). The van der Waals surface area contributed by atoms with Gasteiger partial charge in [-0.05, 0) is 30.9 Å². The fourth-order valence-electron chi connectivity index (χ4n) is 1.63. The number of aryl methyl sites for hydroxylation is 2. The maximum atomic E-state index is 12.2. The first-order chi connectivity index (χ1) is 9.43. The lowest BCUT2D eigenvalue weighted by atomic mass is 10.2. The van der Waals surface area contributed by atoms with E-state index >= 15 is 0 Å². The number of nitrogens with one attached hydrogen (secondary N) is 1. The van der Waals surface area contributed by atoms with Gasteiger partial charge in [-0.1, -0.05) is 0 Å². The van der Waals surface area contributed by atoms with Gasteiger partial charge in [0.15, 0.2) is 0 Å². The van der Waals surface area contributed by atoms with E-state index < -0.39 is 5.97 Å². The van der Waals surface area contributed by atoms with Gasteiger partial charge in [0, 0.05) is 10.6 Å². The summed E-state index contributed by atoms with van der Waals surface area (Å²) in [5, 5.41) is 4.56. The third kappa shape index (κ3) is 2.68. The van der Waals surface area contributed by atoms with Crippen LogP contribution in [-0.2, 0) is 4.74 Å². The van der Waals surface area contributed by atoms with Crippen molar-refractivity contribution in [2.75, 3.05) is 18.2 Å². The van der Waals surface area contributed by atoms with E-state index in [0.29, 0.717) is 21.1 Å². The summed E-state index contributed by atoms with van der Waals surface area (Å²) in [5.74, 6) is -0.735. The van der Waals surface area contributed by atoms with E-state index in [-0.39, 0.29) is 5.91 Å². The first-order valence-electron chi connectivity index (χ1n) is 5.77. The van der Waals surface area contributed by atoms with Crippen LogP contribution in [0.1, 0.15) is 29.8 Å².